The number of hydrogen-bond acceptors (Lipinski definition) is 3. The number of likely N-dealkylation sites (N-methyl/N-ethyl adjacent to an activating group) is 2. The number of benzene rings is 1. The highest BCUT2D eigenvalue weighted by Crippen LogP contribution is 2.13. The van der Waals surface area contributed by atoms with E-state index in [4.69, 9.17) is 5.11 Å². The molecular formula is C16H20N2O3. The lowest BCUT2D eigenvalue weighted by atomic mass is 10.0. The zero-order valence-corrected chi connectivity index (χ0v) is 12.8. The Labute approximate surface area is 125 Å². The molecule has 0 saturated heterocycles. The van der Waals surface area contributed by atoms with Crippen molar-refractivity contribution in [3.63, 3.8) is 0 Å². The quantitative estimate of drug-likeness (QED) is 0.824. The summed E-state index contributed by atoms with van der Waals surface area (Å²) in [6.07, 6.45) is 0. The van der Waals surface area contributed by atoms with Gasteiger partial charge in [-0.2, -0.15) is 0 Å². The molecule has 0 aliphatic heterocycles. The number of aliphatic hydroxyl groups is 1. The van der Waals surface area contributed by atoms with Crippen molar-refractivity contribution in [2.75, 3.05) is 34.3 Å². The van der Waals surface area contributed by atoms with Crippen molar-refractivity contribution in [3.05, 3.63) is 34.9 Å². The van der Waals surface area contributed by atoms with E-state index in [1.54, 1.807) is 33.3 Å². The molecule has 0 bridgehead atoms. The van der Waals surface area contributed by atoms with Crippen molar-refractivity contribution in [3.8, 4) is 11.8 Å². The smallest absolute Gasteiger partial charge is 0.255 e. The first-order valence-electron chi connectivity index (χ1n) is 6.52. The van der Waals surface area contributed by atoms with Gasteiger partial charge >= 0.3 is 0 Å². The number of hydrogen-bond donors (Lipinski definition) is 1. The molecule has 2 amide bonds. The van der Waals surface area contributed by atoms with Crippen LogP contribution >= 0.6 is 0 Å². The topological polar surface area (TPSA) is 60.9 Å². The largest absolute Gasteiger partial charge is 0.384 e. The van der Waals surface area contributed by atoms with Crippen LogP contribution in [0.15, 0.2) is 18.2 Å². The van der Waals surface area contributed by atoms with Crippen molar-refractivity contribution in [1.29, 1.82) is 0 Å². The van der Waals surface area contributed by atoms with Crippen LogP contribution in [0, 0.1) is 18.8 Å². The van der Waals surface area contributed by atoms with Crippen LogP contribution in [0.2, 0.25) is 0 Å². The standard InChI is InChI=1S/C16H20N2O3/c1-12-7-8-14(13(10-12)6-5-9-19)16(21)18(4)11-15(20)17(2)3/h7-8,10,19H,9,11H2,1-4H3. The molecule has 0 atom stereocenters. The fraction of sp³-hybridized carbons (Fsp3) is 0.375. The number of nitrogens with zero attached hydrogens (tertiary/aromatic N) is 2. The lowest BCUT2D eigenvalue weighted by Gasteiger charge is -2.20. The van der Waals surface area contributed by atoms with Gasteiger partial charge in [0.1, 0.15) is 6.61 Å². The Morgan fingerprint density at radius 1 is 1.24 bits per heavy atom. The molecule has 0 unspecified atom stereocenters. The van der Waals surface area contributed by atoms with Crippen LogP contribution in [-0.2, 0) is 4.79 Å². The van der Waals surface area contributed by atoms with Crippen LogP contribution in [0.4, 0.5) is 0 Å². The normalized spacial score (nSPS) is 9.57. The SMILES string of the molecule is Cc1ccc(C(=O)N(C)CC(=O)N(C)C)c(C#CCO)c1. The predicted molar refractivity (Wildman–Crippen MR) is 80.8 cm³/mol. The Morgan fingerprint density at radius 2 is 1.90 bits per heavy atom. The molecule has 0 heterocycles. The van der Waals surface area contributed by atoms with Gasteiger partial charge in [-0.05, 0) is 24.6 Å². The van der Waals surface area contributed by atoms with E-state index in [2.05, 4.69) is 11.8 Å². The van der Waals surface area contributed by atoms with Crippen molar-refractivity contribution < 1.29 is 14.7 Å². The zero-order chi connectivity index (χ0) is 16.0. The van der Waals surface area contributed by atoms with Gasteiger partial charge in [0.25, 0.3) is 5.91 Å². The second-order valence-corrected chi connectivity index (χ2v) is 4.96. The van der Waals surface area contributed by atoms with Crippen molar-refractivity contribution in [2.45, 2.75) is 6.92 Å². The second kappa shape index (κ2) is 7.46. The summed E-state index contributed by atoms with van der Waals surface area (Å²) in [6.45, 7) is 1.64. The highest BCUT2D eigenvalue weighted by molar-refractivity contribution is 5.98. The minimum atomic E-state index is -0.271. The maximum atomic E-state index is 12.4. The summed E-state index contributed by atoms with van der Waals surface area (Å²) in [7, 11) is 4.86. The van der Waals surface area contributed by atoms with E-state index < -0.39 is 0 Å². The zero-order valence-electron chi connectivity index (χ0n) is 12.8. The van der Waals surface area contributed by atoms with Crippen LogP contribution < -0.4 is 0 Å². The molecule has 5 nitrogen and oxygen atoms in total. The molecule has 1 N–H and O–H groups in total. The lowest BCUT2D eigenvalue weighted by molar-refractivity contribution is -0.129. The second-order valence-electron chi connectivity index (χ2n) is 4.96. The van der Waals surface area contributed by atoms with Crippen LogP contribution in [-0.4, -0.2) is 61.0 Å². The molecule has 5 heteroatoms. The third kappa shape index (κ3) is 4.62. The molecule has 112 valence electrons. The fourth-order valence-electron chi connectivity index (χ4n) is 1.70. The van der Waals surface area contributed by atoms with E-state index in [9.17, 15) is 9.59 Å². The molecule has 0 fully saturated rings. The summed E-state index contributed by atoms with van der Waals surface area (Å²) >= 11 is 0. The highest BCUT2D eigenvalue weighted by atomic mass is 16.2. The minimum absolute atomic E-state index is 0.00653. The Hall–Kier alpha value is -2.32. The van der Waals surface area contributed by atoms with E-state index >= 15 is 0 Å². The molecule has 21 heavy (non-hydrogen) atoms. The maximum absolute atomic E-state index is 12.4. The van der Waals surface area contributed by atoms with Gasteiger partial charge in [0.05, 0.1) is 12.1 Å². The Morgan fingerprint density at radius 3 is 2.48 bits per heavy atom. The predicted octanol–water partition coefficient (Wildman–Crippen LogP) is 0.499. The highest BCUT2D eigenvalue weighted by Gasteiger charge is 2.18. The van der Waals surface area contributed by atoms with Gasteiger partial charge in [-0.15, -0.1) is 0 Å². The first-order valence-corrected chi connectivity index (χ1v) is 6.52. The summed E-state index contributed by atoms with van der Waals surface area (Å²) in [5.41, 5.74) is 1.95. The average molecular weight is 288 g/mol. The number of carbonyl (C=O) groups is 2. The van der Waals surface area contributed by atoms with Gasteiger partial charge in [0.15, 0.2) is 0 Å². The van der Waals surface area contributed by atoms with Crippen LogP contribution in [0.3, 0.4) is 0 Å². The van der Waals surface area contributed by atoms with E-state index in [0.717, 1.165) is 5.56 Å². The van der Waals surface area contributed by atoms with Crippen LogP contribution in [0.1, 0.15) is 21.5 Å². The van der Waals surface area contributed by atoms with Gasteiger partial charge in [-0.3, -0.25) is 9.59 Å². The molecular weight excluding hydrogens is 268 g/mol. The van der Waals surface area contributed by atoms with Crippen molar-refractivity contribution in [2.24, 2.45) is 0 Å². The molecule has 1 aromatic carbocycles. The van der Waals surface area contributed by atoms with Gasteiger partial charge in [-0.25, -0.2) is 0 Å². The molecule has 0 saturated carbocycles. The number of amides is 2. The third-order valence-electron chi connectivity index (χ3n) is 2.93. The molecule has 0 aliphatic rings. The molecule has 0 aliphatic carbocycles. The average Bonchev–Trinajstić information content (AvgIpc) is 2.44. The number of carbonyl (C=O) groups excluding carboxylic acids is 2. The molecule has 0 aromatic heterocycles. The monoisotopic (exact) mass is 288 g/mol. The van der Waals surface area contributed by atoms with Gasteiger partial charge in [0, 0.05) is 26.7 Å². The molecule has 1 aromatic rings. The maximum Gasteiger partial charge on any atom is 0.255 e. The minimum Gasteiger partial charge on any atom is -0.384 e. The van der Waals surface area contributed by atoms with Crippen LogP contribution in [0.5, 0.6) is 0 Å². The molecule has 0 spiro atoms. The summed E-state index contributed by atoms with van der Waals surface area (Å²) in [5, 5.41) is 8.80. The number of aliphatic hydroxyl groups excluding tert-OH is 1. The first-order chi connectivity index (χ1) is 9.86. The Balaban J connectivity index is 3.04. The lowest BCUT2D eigenvalue weighted by Crippen LogP contribution is -2.38. The summed E-state index contributed by atoms with van der Waals surface area (Å²) in [5.74, 6) is 4.89. The fourth-order valence-corrected chi connectivity index (χ4v) is 1.70. The number of rotatable bonds is 3. The van der Waals surface area contributed by atoms with E-state index in [1.807, 2.05) is 13.0 Å². The van der Waals surface area contributed by atoms with E-state index in [1.165, 1.54) is 9.80 Å². The summed E-state index contributed by atoms with van der Waals surface area (Å²) in [6, 6.07) is 5.30. The Kier molecular flexibility index (Phi) is 5.94. The first kappa shape index (κ1) is 16.7. The van der Waals surface area contributed by atoms with Gasteiger partial charge in [-0.1, -0.05) is 17.9 Å². The Bertz CT molecular complexity index is 597. The van der Waals surface area contributed by atoms with Crippen molar-refractivity contribution >= 4 is 11.8 Å². The van der Waals surface area contributed by atoms with Crippen LogP contribution in [0.25, 0.3) is 0 Å². The van der Waals surface area contributed by atoms with E-state index in [0.29, 0.717) is 11.1 Å². The van der Waals surface area contributed by atoms with Gasteiger partial charge in [0.2, 0.25) is 5.91 Å². The molecule has 1 rings (SSSR count). The number of aryl methyl sites for hydroxylation is 1. The molecule has 0 radical (unpaired) electrons. The summed E-state index contributed by atoms with van der Waals surface area (Å²) in [4.78, 5) is 26.9. The van der Waals surface area contributed by atoms with Gasteiger partial charge < -0.3 is 14.9 Å². The van der Waals surface area contributed by atoms with E-state index in [-0.39, 0.29) is 25.0 Å². The summed E-state index contributed by atoms with van der Waals surface area (Å²) < 4.78 is 0. The third-order valence-corrected chi connectivity index (χ3v) is 2.93. The van der Waals surface area contributed by atoms with Crippen molar-refractivity contribution in [1.82, 2.24) is 9.80 Å².